The molecular formula is C17H25ClN6O2S. The maximum Gasteiger partial charge on any atom is 0.277 e. The molecule has 2 N–H and O–H groups in total. The summed E-state index contributed by atoms with van der Waals surface area (Å²) in [5.74, 6) is 1.13. The number of anilines is 1. The number of aromatic nitrogens is 3. The Balaban J connectivity index is 1.47. The van der Waals surface area contributed by atoms with Gasteiger partial charge in [0, 0.05) is 31.1 Å². The van der Waals surface area contributed by atoms with E-state index in [1.165, 1.54) is 10.6 Å². The van der Waals surface area contributed by atoms with Crippen molar-refractivity contribution in [3.8, 4) is 0 Å². The van der Waals surface area contributed by atoms with E-state index in [9.17, 15) is 8.42 Å². The molecule has 1 spiro atoms. The van der Waals surface area contributed by atoms with E-state index in [0.717, 1.165) is 42.8 Å². The fourth-order valence-corrected chi connectivity index (χ4v) is 5.89. The van der Waals surface area contributed by atoms with Gasteiger partial charge in [-0.3, -0.25) is 0 Å². The molecule has 27 heavy (non-hydrogen) atoms. The van der Waals surface area contributed by atoms with Gasteiger partial charge in [-0.1, -0.05) is 25.4 Å². The fourth-order valence-electron chi connectivity index (χ4n) is 4.53. The van der Waals surface area contributed by atoms with Crippen LogP contribution in [-0.2, 0) is 10.2 Å². The van der Waals surface area contributed by atoms with Gasteiger partial charge in [-0.25, -0.2) is 14.6 Å². The van der Waals surface area contributed by atoms with Crippen LogP contribution in [0.4, 0.5) is 5.82 Å². The third kappa shape index (κ3) is 3.20. The molecule has 0 bridgehead atoms. The zero-order chi connectivity index (χ0) is 19.6. The first-order chi connectivity index (χ1) is 12.6. The molecule has 148 valence electrons. The van der Waals surface area contributed by atoms with Crippen LogP contribution in [0.5, 0.6) is 0 Å². The predicted molar refractivity (Wildman–Crippen MR) is 105 cm³/mol. The Morgan fingerprint density at radius 3 is 2.67 bits per heavy atom. The van der Waals surface area contributed by atoms with Gasteiger partial charge in [-0.2, -0.15) is 17.8 Å². The molecule has 0 radical (unpaired) electrons. The summed E-state index contributed by atoms with van der Waals surface area (Å²) in [6.45, 7) is 8.19. The van der Waals surface area contributed by atoms with Crippen LogP contribution in [0, 0.1) is 18.3 Å². The number of fused-ring (bicyclic) bond motifs is 1. The van der Waals surface area contributed by atoms with E-state index < -0.39 is 10.2 Å². The second-order valence-corrected chi connectivity index (χ2v) is 10.3. The number of halogens is 1. The zero-order valence-electron chi connectivity index (χ0n) is 15.8. The van der Waals surface area contributed by atoms with E-state index in [0.29, 0.717) is 11.7 Å². The molecule has 2 aliphatic rings. The average molecular weight is 413 g/mol. The number of hydrogen-bond acceptors (Lipinski definition) is 5. The Hall–Kier alpha value is -1.42. The molecule has 0 aromatic carbocycles. The third-order valence-electron chi connectivity index (χ3n) is 5.65. The van der Waals surface area contributed by atoms with E-state index >= 15 is 0 Å². The van der Waals surface area contributed by atoms with Crippen molar-refractivity contribution >= 4 is 33.1 Å². The normalized spacial score (nSPS) is 19.9. The van der Waals surface area contributed by atoms with Crippen molar-refractivity contribution in [1.82, 2.24) is 18.9 Å². The summed E-state index contributed by atoms with van der Waals surface area (Å²) in [4.78, 5) is 6.69. The van der Waals surface area contributed by atoms with Gasteiger partial charge in [0.15, 0.2) is 5.82 Å². The van der Waals surface area contributed by atoms with Crippen molar-refractivity contribution in [1.29, 1.82) is 0 Å². The van der Waals surface area contributed by atoms with E-state index in [1.807, 2.05) is 26.8 Å². The lowest BCUT2D eigenvalue weighted by Crippen LogP contribution is -2.68. The van der Waals surface area contributed by atoms with E-state index in [4.69, 9.17) is 16.7 Å². The largest absolute Gasteiger partial charge is 0.354 e. The van der Waals surface area contributed by atoms with Crippen molar-refractivity contribution < 1.29 is 8.42 Å². The first-order valence-electron chi connectivity index (χ1n) is 9.13. The first kappa shape index (κ1) is 18.9. The van der Waals surface area contributed by atoms with Gasteiger partial charge in [0.1, 0.15) is 17.0 Å². The number of rotatable bonds is 5. The van der Waals surface area contributed by atoms with Gasteiger partial charge in [0.25, 0.3) is 10.2 Å². The molecule has 3 heterocycles. The second kappa shape index (κ2) is 6.30. The molecule has 0 atom stereocenters. The highest BCUT2D eigenvalue weighted by atomic mass is 35.5. The first-order valence-corrected chi connectivity index (χ1v) is 11.0. The van der Waals surface area contributed by atoms with Gasteiger partial charge >= 0.3 is 0 Å². The highest BCUT2D eigenvalue weighted by Crippen LogP contribution is 2.52. The number of aryl methyl sites for hydroxylation is 1. The zero-order valence-corrected chi connectivity index (χ0v) is 17.3. The van der Waals surface area contributed by atoms with Gasteiger partial charge in [0.2, 0.25) is 0 Å². The summed E-state index contributed by atoms with van der Waals surface area (Å²) < 4.78 is 27.1. The maximum absolute atomic E-state index is 12.0. The maximum atomic E-state index is 12.0. The Morgan fingerprint density at radius 1 is 1.41 bits per heavy atom. The summed E-state index contributed by atoms with van der Waals surface area (Å²) in [5, 5.41) is 10.2. The lowest BCUT2D eigenvalue weighted by atomic mass is 9.60. The fraction of sp³-hybridized carbons (Fsp3) is 0.647. The van der Waals surface area contributed by atoms with Gasteiger partial charge in [0.05, 0.1) is 0 Å². The Labute approximate surface area is 164 Å². The predicted octanol–water partition coefficient (Wildman–Crippen LogP) is 1.82. The van der Waals surface area contributed by atoms with Crippen molar-refractivity contribution in [3.63, 3.8) is 0 Å². The van der Waals surface area contributed by atoms with Crippen LogP contribution in [0.1, 0.15) is 32.3 Å². The molecule has 0 unspecified atom stereocenters. The minimum atomic E-state index is -3.67. The number of nitrogens with zero attached hydrogens (tertiary/aromatic N) is 5. The molecule has 8 nitrogen and oxygen atoms in total. The van der Waals surface area contributed by atoms with E-state index in [-0.39, 0.29) is 17.4 Å². The molecular weight excluding hydrogens is 388 g/mol. The molecule has 2 fully saturated rings. The SMILES string of the molecule is Cc1cc(Cl)n2ncnc(N3CC4(CC(N(CC(C)C)S(N)(=O)=O)C4)C3)c12. The van der Waals surface area contributed by atoms with Gasteiger partial charge in [-0.15, -0.1) is 0 Å². The molecule has 1 aliphatic heterocycles. The van der Waals surface area contributed by atoms with Crippen LogP contribution in [0.25, 0.3) is 5.52 Å². The molecule has 0 amide bonds. The summed E-state index contributed by atoms with van der Waals surface area (Å²) in [7, 11) is -3.67. The van der Waals surface area contributed by atoms with Crippen molar-refractivity contribution in [3.05, 3.63) is 23.1 Å². The monoisotopic (exact) mass is 412 g/mol. The van der Waals surface area contributed by atoms with Crippen LogP contribution < -0.4 is 10.0 Å². The minimum Gasteiger partial charge on any atom is -0.354 e. The highest BCUT2D eigenvalue weighted by molar-refractivity contribution is 7.86. The average Bonchev–Trinajstić information content (AvgIpc) is 2.77. The number of nitrogens with two attached hydrogens (primary N) is 1. The highest BCUT2D eigenvalue weighted by Gasteiger charge is 2.55. The van der Waals surface area contributed by atoms with Crippen LogP contribution in [-0.4, -0.2) is 53.0 Å². The Kier molecular flexibility index (Phi) is 4.41. The smallest absolute Gasteiger partial charge is 0.277 e. The van der Waals surface area contributed by atoms with Crippen molar-refractivity contribution in [2.75, 3.05) is 24.5 Å². The Bertz CT molecular complexity index is 975. The molecule has 10 heteroatoms. The lowest BCUT2D eigenvalue weighted by molar-refractivity contribution is 0.0104. The molecule has 4 rings (SSSR count). The van der Waals surface area contributed by atoms with Gasteiger partial charge in [-0.05, 0) is 37.3 Å². The molecule has 1 saturated heterocycles. The summed E-state index contributed by atoms with van der Waals surface area (Å²) in [5.41, 5.74) is 2.12. The Morgan fingerprint density at radius 2 is 2.07 bits per heavy atom. The lowest BCUT2D eigenvalue weighted by Gasteiger charge is -2.61. The molecule has 2 aromatic heterocycles. The standard InChI is InChI=1S/C17H25ClN6O2S/c1-11(2)7-23(27(19,25)26)13-5-17(6-13)8-22(9-17)16-15-12(3)4-14(18)24(15)21-10-20-16/h4,10-11,13H,5-9H2,1-3H3,(H2,19,25,26). The van der Waals surface area contributed by atoms with Crippen LogP contribution >= 0.6 is 11.6 Å². The molecule has 1 saturated carbocycles. The molecule has 2 aromatic rings. The second-order valence-electron chi connectivity index (χ2n) is 8.42. The quantitative estimate of drug-likeness (QED) is 0.807. The van der Waals surface area contributed by atoms with E-state index in [1.54, 1.807) is 4.52 Å². The topological polar surface area (TPSA) is 96.8 Å². The van der Waals surface area contributed by atoms with Crippen LogP contribution in [0.15, 0.2) is 12.4 Å². The summed E-state index contributed by atoms with van der Waals surface area (Å²) in [6, 6.07) is 1.89. The van der Waals surface area contributed by atoms with Crippen molar-refractivity contribution in [2.24, 2.45) is 16.5 Å². The van der Waals surface area contributed by atoms with Crippen molar-refractivity contribution in [2.45, 2.75) is 39.7 Å². The van der Waals surface area contributed by atoms with Crippen LogP contribution in [0.3, 0.4) is 0 Å². The molecule has 1 aliphatic carbocycles. The third-order valence-corrected chi connectivity index (χ3v) is 7.02. The minimum absolute atomic E-state index is 0.000510. The number of hydrogen-bond donors (Lipinski definition) is 1. The summed E-state index contributed by atoms with van der Waals surface area (Å²) in [6.07, 6.45) is 3.21. The van der Waals surface area contributed by atoms with Crippen LogP contribution in [0.2, 0.25) is 5.15 Å². The summed E-state index contributed by atoms with van der Waals surface area (Å²) >= 11 is 6.23. The van der Waals surface area contributed by atoms with E-state index in [2.05, 4.69) is 15.0 Å². The van der Waals surface area contributed by atoms with Gasteiger partial charge < -0.3 is 4.90 Å².